The second kappa shape index (κ2) is 3.72. The normalized spacial score (nSPS) is 24.2. The summed E-state index contributed by atoms with van der Waals surface area (Å²) in [4.78, 5) is 10.8. The lowest BCUT2D eigenvalue weighted by Gasteiger charge is -2.18. The van der Waals surface area contributed by atoms with Crippen LogP contribution in [0, 0.1) is 0 Å². The molecule has 0 saturated carbocycles. The van der Waals surface area contributed by atoms with Crippen molar-refractivity contribution in [1.29, 1.82) is 0 Å². The molecule has 0 aromatic heterocycles. The molecule has 0 aromatic rings. The van der Waals surface area contributed by atoms with Crippen molar-refractivity contribution in [2.75, 3.05) is 0 Å². The molecule has 0 aromatic carbocycles. The molecule has 1 aliphatic heterocycles. The molecule has 0 spiro atoms. The van der Waals surface area contributed by atoms with Gasteiger partial charge in [0.25, 0.3) is 0 Å². The largest absolute Gasteiger partial charge is 0.470 e. The number of hydroxylamine groups is 2. The van der Waals surface area contributed by atoms with E-state index in [0.717, 1.165) is 0 Å². The van der Waals surface area contributed by atoms with E-state index in [-0.39, 0.29) is 12.8 Å². The minimum absolute atomic E-state index is 0.000413. The fraction of sp³-hybridized carbons (Fsp3) is 0.800. The van der Waals surface area contributed by atoms with Crippen LogP contribution in [-0.2, 0) is 9.08 Å². The summed E-state index contributed by atoms with van der Waals surface area (Å²) in [6, 6.07) is 0. The Balaban J connectivity index is 2.40. The molecule has 1 fully saturated rings. The van der Waals surface area contributed by atoms with E-state index in [9.17, 15) is 18.0 Å². The summed E-state index contributed by atoms with van der Waals surface area (Å²) in [6.45, 7) is 0. The molecule has 76 valence electrons. The average molecular weight is 217 g/mol. The molecule has 13 heavy (non-hydrogen) atoms. The Bertz CT molecular complexity index is 210. The maximum atomic E-state index is 11.6. The number of halogens is 3. The van der Waals surface area contributed by atoms with E-state index in [1.54, 1.807) is 0 Å². The number of aliphatic hydroxyl groups is 1. The van der Waals surface area contributed by atoms with Crippen molar-refractivity contribution in [1.82, 2.24) is 5.06 Å². The number of carbonyl (C=O) groups excluding carboxylic acids is 1. The zero-order valence-electron chi connectivity index (χ0n) is 6.24. The zero-order valence-corrected chi connectivity index (χ0v) is 7.06. The first-order valence-electron chi connectivity index (χ1n) is 3.33. The number of nitrogens with zero attached hydrogens (tertiary/aromatic N) is 1. The van der Waals surface area contributed by atoms with E-state index in [1.807, 2.05) is 0 Å². The molecule has 0 aliphatic carbocycles. The van der Waals surface area contributed by atoms with Gasteiger partial charge in [0, 0.05) is 12.8 Å². The van der Waals surface area contributed by atoms with Crippen LogP contribution in [-0.4, -0.2) is 27.8 Å². The first-order chi connectivity index (χ1) is 5.90. The summed E-state index contributed by atoms with van der Waals surface area (Å²) in [5, 5.41) is 9.29. The summed E-state index contributed by atoms with van der Waals surface area (Å²) < 4.78 is 38.8. The van der Waals surface area contributed by atoms with Gasteiger partial charge in [-0.15, -0.1) is 0 Å². The number of hydrogen-bond donors (Lipinski definition) is 1. The average Bonchev–Trinajstić information content (AvgIpc) is 2.27. The lowest BCUT2D eigenvalue weighted by Crippen LogP contribution is -2.31. The quantitative estimate of drug-likeness (QED) is 0.702. The molecule has 0 bridgehead atoms. The van der Waals surface area contributed by atoms with Crippen LogP contribution in [0.2, 0.25) is 0 Å². The van der Waals surface area contributed by atoms with Crippen LogP contribution in [0.5, 0.6) is 0 Å². The van der Waals surface area contributed by atoms with E-state index < -0.39 is 29.7 Å². The molecular formula is C5H6F3NO3S. The van der Waals surface area contributed by atoms with Crippen molar-refractivity contribution in [3.8, 4) is 0 Å². The highest BCUT2D eigenvalue weighted by molar-refractivity contribution is 7.95. The fourth-order valence-corrected chi connectivity index (χ4v) is 1.17. The van der Waals surface area contributed by atoms with Gasteiger partial charge in [-0.25, -0.2) is 0 Å². The van der Waals surface area contributed by atoms with Crippen molar-refractivity contribution in [3.05, 3.63) is 0 Å². The van der Waals surface area contributed by atoms with Crippen molar-refractivity contribution >= 4 is 17.9 Å². The van der Waals surface area contributed by atoms with Gasteiger partial charge in [0.2, 0.25) is 5.91 Å². The number of rotatable bonds is 2. The number of hydrogen-bond acceptors (Lipinski definition) is 4. The molecule has 4 nitrogen and oxygen atoms in total. The summed E-state index contributed by atoms with van der Waals surface area (Å²) in [7, 11) is 0. The highest BCUT2D eigenvalue weighted by Gasteiger charge is 2.37. The summed E-state index contributed by atoms with van der Waals surface area (Å²) >= 11 is -0.817. The topological polar surface area (TPSA) is 49.8 Å². The molecule has 1 amide bonds. The molecule has 1 atom stereocenters. The predicted octanol–water partition coefficient (Wildman–Crippen LogP) is 1.03. The Hall–Kier alpha value is -0.470. The highest BCUT2D eigenvalue weighted by Crippen LogP contribution is 2.33. The van der Waals surface area contributed by atoms with E-state index in [2.05, 4.69) is 4.28 Å². The van der Waals surface area contributed by atoms with Crippen LogP contribution in [0.4, 0.5) is 13.2 Å². The van der Waals surface area contributed by atoms with Gasteiger partial charge in [-0.1, -0.05) is 0 Å². The standard InChI is InChI=1S/C5H6F3NO3S/c6-5(7,8)13-12-9-3(10)1-2-4(9)11/h3,10H,1-2H2. The Morgan fingerprint density at radius 3 is 2.62 bits per heavy atom. The Labute approximate surface area is 75.8 Å². The van der Waals surface area contributed by atoms with E-state index >= 15 is 0 Å². The van der Waals surface area contributed by atoms with Crippen LogP contribution in [0.25, 0.3) is 0 Å². The van der Waals surface area contributed by atoms with Crippen LogP contribution in [0.3, 0.4) is 0 Å². The Morgan fingerprint density at radius 2 is 2.23 bits per heavy atom. The fourth-order valence-electron chi connectivity index (χ4n) is 0.820. The van der Waals surface area contributed by atoms with E-state index in [4.69, 9.17) is 5.11 Å². The second-order valence-corrected chi connectivity index (χ2v) is 3.12. The van der Waals surface area contributed by atoms with Crippen LogP contribution >= 0.6 is 12.0 Å². The monoisotopic (exact) mass is 217 g/mol. The lowest BCUT2D eigenvalue weighted by atomic mass is 10.4. The Kier molecular flexibility index (Phi) is 3.04. The van der Waals surface area contributed by atoms with Gasteiger partial charge < -0.3 is 5.11 Å². The van der Waals surface area contributed by atoms with Gasteiger partial charge in [-0.2, -0.15) is 22.5 Å². The minimum atomic E-state index is -4.58. The van der Waals surface area contributed by atoms with Crippen molar-refractivity contribution in [2.45, 2.75) is 24.6 Å². The van der Waals surface area contributed by atoms with Gasteiger partial charge in [-0.05, 0) is 0 Å². The predicted molar refractivity (Wildman–Crippen MR) is 36.8 cm³/mol. The van der Waals surface area contributed by atoms with Gasteiger partial charge in [0.1, 0.15) is 12.0 Å². The van der Waals surface area contributed by atoms with E-state index in [1.165, 1.54) is 0 Å². The molecule has 1 aliphatic rings. The van der Waals surface area contributed by atoms with Gasteiger partial charge in [-0.3, -0.25) is 4.79 Å². The summed E-state index contributed by atoms with van der Waals surface area (Å²) in [5.74, 6) is -0.649. The molecule has 8 heteroatoms. The molecule has 1 unspecified atom stereocenters. The third-order valence-corrected chi connectivity index (χ3v) is 1.77. The lowest BCUT2D eigenvalue weighted by molar-refractivity contribution is -0.175. The zero-order chi connectivity index (χ0) is 10.1. The smallest absolute Gasteiger partial charge is 0.371 e. The molecule has 1 heterocycles. The first kappa shape index (κ1) is 10.6. The Morgan fingerprint density at radius 1 is 1.62 bits per heavy atom. The molecule has 1 rings (SSSR count). The second-order valence-electron chi connectivity index (χ2n) is 2.34. The van der Waals surface area contributed by atoms with Gasteiger partial charge in [0.15, 0.2) is 6.23 Å². The first-order valence-corrected chi connectivity index (χ1v) is 4.07. The highest BCUT2D eigenvalue weighted by atomic mass is 32.2. The summed E-state index contributed by atoms with van der Waals surface area (Å²) in [5.41, 5.74) is -4.58. The number of carbonyl (C=O) groups is 1. The third-order valence-electron chi connectivity index (χ3n) is 1.34. The SMILES string of the molecule is O=C1CCC(O)N1OSC(F)(F)F. The number of amides is 1. The van der Waals surface area contributed by atoms with Crippen molar-refractivity contribution in [3.63, 3.8) is 0 Å². The van der Waals surface area contributed by atoms with Crippen LogP contribution in [0.1, 0.15) is 12.8 Å². The molecule has 1 saturated heterocycles. The van der Waals surface area contributed by atoms with Gasteiger partial charge >= 0.3 is 5.51 Å². The van der Waals surface area contributed by atoms with E-state index in [0.29, 0.717) is 5.06 Å². The summed E-state index contributed by atoms with van der Waals surface area (Å²) in [6.07, 6.45) is -1.18. The number of alkyl halides is 3. The van der Waals surface area contributed by atoms with Crippen LogP contribution in [0.15, 0.2) is 0 Å². The third kappa shape index (κ3) is 3.05. The van der Waals surface area contributed by atoms with Gasteiger partial charge in [0.05, 0.1) is 0 Å². The van der Waals surface area contributed by atoms with Crippen molar-refractivity contribution < 1.29 is 27.4 Å². The molecule has 1 N–H and O–H groups in total. The maximum Gasteiger partial charge on any atom is 0.470 e. The maximum absolute atomic E-state index is 11.6. The van der Waals surface area contributed by atoms with Crippen LogP contribution < -0.4 is 0 Å². The molecule has 0 radical (unpaired) electrons. The number of aliphatic hydroxyl groups excluding tert-OH is 1. The van der Waals surface area contributed by atoms with Crippen molar-refractivity contribution in [2.24, 2.45) is 0 Å². The minimum Gasteiger partial charge on any atom is -0.371 e. The molecular weight excluding hydrogens is 211 g/mol.